The van der Waals surface area contributed by atoms with Gasteiger partial charge < -0.3 is 73.8 Å². The van der Waals surface area contributed by atoms with Gasteiger partial charge in [0.2, 0.25) is 47.3 Å². The summed E-state index contributed by atoms with van der Waals surface area (Å²) in [4.78, 5) is 115. The highest BCUT2D eigenvalue weighted by molar-refractivity contribution is 5.98. The first-order valence-electron chi connectivity index (χ1n) is 18.8. The Kier molecular flexibility index (Phi) is 23.2. The Labute approximate surface area is 336 Å². The summed E-state index contributed by atoms with van der Waals surface area (Å²) in [7, 11) is 0. The van der Waals surface area contributed by atoms with Crippen LogP contribution in [-0.2, 0) is 43.2 Å². The maximum atomic E-state index is 13.5. The lowest BCUT2D eigenvalue weighted by atomic mass is 9.96. The van der Waals surface area contributed by atoms with Gasteiger partial charge in [0.25, 0.3) is 0 Å². The van der Waals surface area contributed by atoms with Crippen molar-refractivity contribution in [3.05, 3.63) is 0 Å². The van der Waals surface area contributed by atoms with Crippen LogP contribution >= 0.6 is 0 Å². The topological polar surface area (TPSA) is 377 Å². The minimum atomic E-state index is -1.77. The Hall–Kier alpha value is -4.97. The fourth-order valence-electron chi connectivity index (χ4n) is 5.01. The number of hydrogen-bond acceptors (Lipinski definition) is 14. The number of carbonyl (C=O) groups excluding carboxylic acids is 8. The Bertz CT molecular complexity index is 1440. The Morgan fingerprint density at radius 2 is 0.966 bits per heavy atom. The van der Waals surface area contributed by atoms with E-state index in [0.717, 1.165) is 6.92 Å². The molecule has 15 N–H and O–H groups in total. The number of carboxylic acids is 1. The van der Waals surface area contributed by atoms with E-state index in [1.54, 1.807) is 41.5 Å². The quantitative estimate of drug-likeness (QED) is 0.0407. The van der Waals surface area contributed by atoms with Gasteiger partial charge in [-0.3, -0.25) is 38.4 Å². The predicted octanol–water partition coefficient (Wildman–Crippen LogP) is -5.97. The Morgan fingerprint density at radius 1 is 0.517 bits per heavy atom. The highest BCUT2D eigenvalue weighted by Crippen LogP contribution is 2.11. The average Bonchev–Trinajstić information content (AvgIpc) is 3.14. The van der Waals surface area contributed by atoms with Crippen molar-refractivity contribution in [2.45, 2.75) is 129 Å². The summed E-state index contributed by atoms with van der Waals surface area (Å²) < 4.78 is 0. The van der Waals surface area contributed by atoms with Crippen molar-refractivity contribution in [2.75, 3.05) is 19.8 Å². The van der Waals surface area contributed by atoms with E-state index in [0.29, 0.717) is 0 Å². The van der Waals surface area contributed by atoms with Crippen molar-refractivity contribution in [1.82, 2.24) is 42.5 Å². The molecule has 0 aromatic heterocycles. The summed E-state index contributed by atoms with van der Waals surface area (Å²) in [5.74, 6) is -10.6. The molecule has 0 aliphatic carbocycles. The van der Waals surface area contributed by atoms with Crippen LogP contribution in [0.5, 0.6) is 0 Å². The summed E-state index contributed by atoms with van der Waals surface area (Å²) >= 11 is 0. The minimum Gasteiger partial charge on any atom is -0.480 e. The number of rotatable bonds is 25. The molecule has 0 aromatic rings. The van der Waals surface area contributed by atoms with Crippen LogP contribution in [0.3, 0.4) is 0 Å². The van der Waals surface area contributed by atoms with Crippen LogP contribution in [0.25, 0.3) is 0 Å². The molecule has 8 amide bonds. The number of aliphatic hydroxyl groups excluding tert-OH is 4. The molecule has 0 heterocycles. The van der Waals surface area contributed by atoms with E-state index in [-0.39, 0.29) is 6.42 Å². The van der Waals surface area contributed by atoms with Crippen molar-refractivity contribution in [2.24, 2.45) is 23.5 Å². The van der Waals surface area contributed by atoms with Crippen LogP contribution in [0.4, 0.5) is 0 Å². The third kappa shape index (κ3) is 17.3. The van der Waals surface area contributed by atoms with E-state index in [1.807, 2.05) is 0 Å². The van der Waals surface area contributed by atoms with Crippen molar-refractivity contribution < 1.29 is 68.7 Å². The lowest BCUT2D eigenvalue weighted by Gasteiger charge is -2.30. The number of aliphatic hydroxyl groups is 4. The molecule has 0 saturated carbocycles. The molecular weight excluding hydrogens is 770 g/mol. The maximum absolute atomic E-state index is 13.5. The number of nitrogens with two attached hydrogens (primary N) is 1. The van der Waals surface area contributed by atoms with Gasteiger partial charge in [-0.15, -0.1) is 0 Å². The monoisotopic (exact) mass is 833 g/mol. The second-order valence-corrected chi connectivity index (χ2v) is 14.7. The lowest BCUT2D eigenvalue weighted by Crippen LogP contribution is -2.63. The van der Waals surface area contributed by atoms with E-state index in [4.69, 9.17) is 10.8 Å². The molecule has 23 nitrogen and oxygen atoms in total. The highest BCUT2D eigenvalue weighted by Gasteiger charge is 2.37. The van der Waals surface area contributed by atoms with Gasteiger partial charge in [-0.05, 0) is 38.5 Å². The predicted molar refractivity (Wildman–Crippen MR) is 204 cm³/mol. The van der Waals surface area contributed by atoms with Crippen LogP contribution in [0.1, 0.15) is 68.7 Å². The molecule has 0 fully saturated rings. The number of aliphatic carboxylic acids is 1. The SMILES string of the molecule is CC[C@H](C)[C@H](NC(=O)[C@@H](NC(=O)[C@H](CO)NC(=O)[C@H](C)NC(=O)[C@@H](NC(=O)[C@@H](N)CO)C(C)C)[C@@H](C)O)C(=O)N[C@H](C(=O)NCC(=O)N[C@H](C(=O)O)C(C)C)[C@@H](C)O. The van der Waals surface area contributed by atoms with Gasteiger partial charge in [-0.1, -0.05) is 48.0 Å². The lowest BCUT2D eigenvalue weighted by molar-refractivity contribution is -0.143. The van der Waals surface area contributed by atoms with Gasteiger partial charge in [-0.2, -0.15) is 0 Å². The number of carboxylic acid groups (broad SMARTS) is 1. The molecule has 0 rings (SSSR count). The van der Waals surface area contributed by atoms with E-state index >= 15 is 0 Å². The van der Waals surface area contributed by atoms with Gasteiger partial charge in [0, 0.05) is 0 Å². The second-order valence-electron chi connectivity index (χ2n) is 14.7. The third-order valence-electron chi connectivity index (χ3n) is 8.94. The molecular formula is C35H63N9O14. The van der Waals surface area contributed by atoms with Gasteiger partial charge in [0.1, 0.15) is 48.3 Å². The number of nitrogens with one attached hydrogen (secondary N) is 8. The van der Waals surface area contributed by atoms with Crippen LogP contribution in [-0.4, -0.2) is 159 Å². The molecule has 23 heteroatoms. The molecule has 11 atom stereocenters. The molecule has 0 unspecified atom stereocenters. The van der Waals surface area contributed by atoms with E-state index in [9.17, 15) is 63.6 Å². The zero-order valence-corrected chi connectivity index (χ0v) is 34.3. The Morgan fingerprint density at radius 3 is 1.41 bits per heavy atom. The number of amides is 8. The van der Waals surface area contributed by atoms with Crippen LogP contribution in [0, 0.1) is 17.8 Å². The van der Waals surface area contributed by atoms with E-state index < -0.39 is 151 Å². The Balaban J connectivity index is 5.83. The zero-order valence-electron chi connectivity index (χ0n) is 34.3. The fraction of sp³-hybridized carbons (Fsp3) is 0.743. The smallest absolute Gasteiger partial charge is 0.326 e. The van der Waals surface area contributed by atoms with E-state index in [2.05, 4.69) is 42.5 Å². The molecule has 0 aromatic carbocycles. The van der Waals surface area contributed by atoms with Gasteiger partial charge in [-0.25, -0.2) is 4.79 Å². The molecule has 0 aliphatic rings. The normalized spacial score (nSPS) is 17.0. The van der Waals surface area contributed by atoms with Crippen molar-refractivity contribution in [3.8, 4) is 0 Å². The second kappa shape index (κ2) is 25.4. The maximum Gasteiger partial charge on any atom is 0.326 e. The van der Waals surface area contributed by atoms with E-state index in [1.165, 1.54) is 13.8 Å². The summed E-state index contributed by atoms with van der Waals surface area (Å²) in [6.07, 6.45) is -2.86. The van der Waals surface area contributed by atoms with Crippen molar-refractivity contribution in [1.29, 1.82) is 0 Å². The molecule has 0 spiro atoms. The largest absolute Gasteiger partial charge is 0.480 e. The number of hydrogen-bond donors (Lipinski definition) is 14. The summed E-state index contributed by atoms with van der Waals surface area (Å²) in [6, 6.07) is -11.6. The highest BCUT2D eigenvalue weighted by atomic mass is 16.4. The van der Waals surface area contributed by atoms with Crippen LogP contribution < -0.4 is 48.3 Å². The summed E-state index contributed by atoms with van der Waals surface area (Å²) in [5.41, 5.74) is 5.50. The first-order valence-corrected chi connectivity index (χ1v) is 18.8. The fourth-order valence-corrected chi connectivity index (χ4v) is 5.01. The summed E-state index contributed by atoms with van der Waals surface area (Å²) in [5, 5.41) is 67.4. The first-order chi connectivity index (χ1) is 26.8. The molecule has 58 heavy (non-hydrogen) atoms. The van der Waals surface area contributed by atoms with Gasteiger partial charge in [0.05, 0.1) is 32.0 Å². The van der Waals surface area contributed by atoms with Crippen molar-refractivity contribution >= 4 is 53.2 Å². The average molecular weight is 834 g/mol. The van der Waals surface area contributed by atoms with Gasteiger partial charge >= 0.3 is 5.97 Å². The molecule has 0 bridgehead atoms. The van der Waals surface area contributed by atoms with Crippen LogP contribution in [0.2, 0.25) is 0 Å². The molecule has 0 aliphatic heterocycles. The zero-order chi connectivity index (χ0) is 45.2. The molecule has 332 valence electrons. The van der Waals surface area contributed by atoms with Crippen molar-refractivity contribution in [3.63, 3.8) is 0 Å². The first kappa shape index (κ1) is 53.0. The summed E-state index contributed by atoms with van der Waals surface area (Å²) in [6.45, 7) is 10.7. The third-order valence-corrected chi connectivity index (χ3v) is 8.94. The van der Waals surface area contributed by atoms with Gasteiger partial charge in [0.15, 0.2) is 0 Å². The number of carbonyl (C=O) groups is 9. The minimum absolute atomic E-state index is 0.282. The molecule has 0 saturated heterocycles. The molecule has 0 radical (unpaired) electrons. The van der Waals surface area contributed by atoms with Crippen LogP contribution in [0.15, 0.2) is 0 Å². The standard InChI is InChI=1S/C35H63N9O14/c1-10-16(6)25(33(55)44-26(18(8)47)31(53)37-11-22(49)40-24(15(4)5)35(57)58)42-34(56)27(19(9)48)43-30(52)21(13-46)39-28(50)17(7)38-32(54)23(14(2)3)41-29(51)20(36)12-45/h14-21,23-27,45-48H,10-13,36H2,1-9H3,(H,37,53)(H,38,54)(H,39,50)(H,40,49)(H,41,51)(H,42,56)(H,43,52)(H,44,55)(H,57,58)/t16-,17-,18+,19+,20-,21-,23-,24-,25-,26-,27-/m0/s1.